The van der Waals surface area contributed by atoms with Crippen LogP contribution in [0.2, 0.25) is 0 Å². The van der Waals surface area contributed by atoms with E-state index < -0.39 is 10.0 Å². The zero-order valence-electron chi connectivity index (χ0n) is 14.6. The van der Waals surface area contributed by atoms with Crippen molar-refractivity contribution in [2.45, 2.75) is 30.6 Å². The van der Waals surface area contributed by atoms with Crippen LogP contribution in [0.15, 0.2) is 62.9 Å². The Morgan fingerprint density at radius 1 is 1.00 bits per heavy atom. The number of carbonyl (C=O) groups excluding carboxylic acids is 1. The lowest BCUT2D eigenvalue weighted by Crippen LogP contribution is -2.30. The van der Waals surface area contributed by atoms with Gasteiger partial charge in [0.2, 0.25) is 0 Å². The molecule has 0 fully saturated rings. The number of hydrogen-bond acceptors (Lipinski definition) is 4. The molecule has 1 amide bonds. The Morgan fingerprint density at radius 3 is 2.48 bits per heavy atom. The van der Waals surface area contributed by atoms with Gasteiger partial charge in [0.25, 0.3) is 15.9 Å². The predicted octanol–water partition coefficient (Wildman–Crippen LogP) is 3.95. The van der Waals surface area contributed by atoms with Crippen LogP contribution in [0.5, 0.6) is 0 Å². The number of carbonyl (C=O) groups is 1. The van der Waals surface area contributed by atoms with Crippen molar-refractivity contribution in [3.8, 4) is 0 Å². The Morgan fingerprint density at radius 2 is 1.74 bits per heavy atom. The van der Waals surface area contributed by atoms with Gasteiger partial charge < -0.3 is 5.32 Å². The number of sulfonamides is 1. The first-order chi connectivity index (χ1) is 13.0. The molecule has 0 unspecified atom stereocenters. The average Bonchev–Trinajstić information content (AvgIpc) is 2.90. The van der Waals surface area contributed by atoms with Crippen molar-refractivity contribution in [2.24, 2.45) is 4.99 Å². The predicted molar refractivity (Wildman–Crippen MR) is 110 cm³/mol. The van der Waals surface area contributed by atoms with Crippen molar-refractivity contribution in [3.63, 3.8) is 0 Å². The maximum atomic E-state index is 12.5. The molecule has 8 heteroatoms. The van der Waals surface area contributed by atoms with E-state index in [1.807, 2.05) is 6.07 Å². The normalized spacial score (nSPS) is 14.8. The van der Waals surface area contributed by atoms with Crippen LogP contribution in [0, 0.1) is 0 Å². The van der Waals surface area contributed by atoms with Gasteiger partial charge in [-0.25, -0.2) is 8.42 Å². The number of benzene rings is 2. The van der Waals surface area contributed by atoms with Gasteiger partial charge in [0.15, 0.2) is 0 Å². The van der Waals surface area contributed by atoms with E-state index in [0.717, 1.165) is 19.3 Å². The number of amides is 1. The average molecular weight is 450 g/mol. The Labute approximate surface area is 167 Å². The molecule has 6 nitrogen and oxygen atoms in total. The molecule has 1 aliphatic heterocycles. The fourth-order valence-corrected chi connectivity index (χ4v) is 4.29. The zero-order chi connectivity index (χ0) is 19.3. The molecule has 142 valence electrons. The van der Waals surface area contributed by atoms with Crippen LogP contribution in [0.3, 0.4) is 0 Å². The lowest BCUT2D eigenvalue weighted by Gasteiger charge is -2.11. The number of amidine groups is 1. The van der Waals surface area contributed by atoms with Crippen LogP contribution >= 0.6 is 15.9 Å². The molecular formula is C19H20BrN3O3S. The summed E-state index contributed by atoms with van der Waals surface area (Å²) in [7, 11) is -3.68. The standard InChI is InChI=1S/C19H20BrN3O3S/c20-17-7-4-3-6-16(17)19(24)22-14-9-11-15(12-10-14)27(25,26)23-18-8-2-1-5-13-21-18/h3-4,6-7,9-12H,1-2,5,8,13H2,(H,21,23)(H,22,24). The second-order valence-electron chi connectivity index (χ2n) is 6.20. The van der Waals surface area contributed by atoms with E-state index in [4.69, 9.17) is 0 Å². The van der Waals surface area contributed by atoms with Gasteiger partial charge in [-0.2, -0.15) is 0 Å². The minimum Gasteiger partial charge on any atom is -0.322 e. The summed E-state index contributed by atoms with van der Waals surface area (Å²) in [5, 5.41) is 2.76. The lowest BCUT2D eigenvalue weighted by atomic mass is 10.2. The summed E-state index contributed by atoms with van der Waals surface area (Å²) in [5.41, 5.74) is 1.02. The van der Waals surface area contributed by atoms with Gasteiger partial charge in [0.1, 0.15) is 5.84 Å². The number of nitrogens with zero attached hydrogens (tertiary/aromatic N) is 1. The van der Waals surface area contributed by atoms with Gasteiger partial charge in [0.05, 0.1) is 10.5 Å². The Balaban J connectivity index is 1.70. The summed E-state index contributed by atoms with van der Waals surface area (Å²) in [6, 6.07) is 13.2. The van der Waals surface area contributed by atoms with E-state index in [-0.39, 0.29) is 10.8 Å². The molecule has 0 atom stereocenters. The number of nitrogens with one attached hydrogen (secondary N) is 2. The maximum absolute atomic E-state index is 12.5. The van der Waals surface area contributed by atoms with Crippen LogP contribution in [-0.4, -0.2) is 26.7 Å². The van der Waals surface area contributed by atoms with Gasteiger partial charge in [-0.1, -0.05) is 18.6 Å². The minimum atomic E-state index is -3.68. The van der Waals surface area contributed by atoms with Gasteiger partial charge in [-0.05, 0) is 65.2 Å². The van der Waals surface area contributed by atoms with Gasteiger partial charge in [0, 0.05) is 23.1 Å². The highest BCUT2D eigenvalue weighted by Gasteiger charge is 2.17. The van der Waals surface area contributed by atoms with E-state index in [1.54, 1.807) is 30.3 Å². The molecule has 0 bridgehead atoms. The molecule has 2 N–H and O–H groups in total. The van der Waals surface area contributed by atoms with Crippen LogP contribution in [-0.2, 0) is 10.0 Å². The molecule has 0 aliphatic carbocycles. The molecule has 0 spiro atoms. The molecule has 0 saturated heterocycles. The first-order valence-corrected chi connectivity index (χ1v) is 11.0. The highest BCUT2D eigenvalue weighted by atomic mass is 79.9. The topological polar surface area (TPSA) is 87.6 Å². The number of halogens is 1. The molecule has 3 rings (SSSR count). The smallest absolute Gasteiger partial charge is 0.262 e. The molecule has 1 aliphatic rings. The highest BCUT2D eigenvalue weighted by Crippen LogP contribution is 2.19. The lowest BCUT2D eigenvalue weighted by molar-refractivity contribution is 0.102. The summed E-state index contributed by atoms with van der Waals surface area (Å²) in [5.74, 6) is 0.239. The van der Waals surface area contributed by atoms with E-state index in [1.165, 1.54) is 12.1 Å². The summed E-state index contributed by atoms with van der Waals surface area (Å²) in [6.45, 7) is 0.651. The summed E-state index contributed by atoms with van der Waals surface area (Å²) in [6.07, 6.45) is 3.61. The van der Waals surface area contributed by atoms with Gasteiger partial charge in [-0.15, -0.1) is 0 Å². The van der Waals surface area contributed by atoms with Crippen molar-refractivity contribution in [3.05, 3.63) is 58.6 Å². The second-order valence-corrected chi connectivity index (χ2v) is 8.74. The minimum absolute atomic E-state index is 0.133. The van der Waals surface area contributed by atoms with E-state index in [2.05, 4.69) is 31.0 Å². The molecule has 0 radical (unpaired) electrons. The molecular weight excluding hydrogens is 430 g/mol. The molecule has 27 heavy (non-hydrogen) atoms. The van der Waals surface area contributed by atoms with E-state index >= 15 is 0 Å². The second kappa shape index (κ2) is 8.67. The number of hydrogen-bond donors (Lipinski definition) is 2. The largest absolute Gasteiger partial charge is 0.322 e. The quantitative estimate of drug-likeness (QED) is 0.740. The van der Waals surface area contributed by atoms with Gasteiger partial charge >= 0.3 is 0 Å². The number of aliphatic imine (C=N–C) groups is 1. The molecule has 1 heterocycles. The Hall–Kier alpha value is -2.19. The third-order valence-electron chi connectivity index (χ3n) is 4.17. The fourth-order valence-electron chi connectivity index (χ4n) is 2.73. The number of rotatable bonds is 4. The van der Waals surface area contributed by atoms with Crippen molar-refractivity contribution < 1.29 is 13.2 Å². The summed E-state index contributed by atoms with van der Waals surface area (Å²) in [4.78, 5) is 16.8. The molecule has 0 aromatic heterocycles. The van der Waals surface area contributed by atoms with Gasteiger partial charge in [-0.3, -0.25) is 14.5 Å². The van der Waals surface area contributed by atoms with Crippen LogP contribution in [0.4, 0.5) is 5.69 Å². The van der Waals surface area contributed by atoms with Crippen LogP contribution < -0.4 is 10.0 Å². The van der Waals surface area contributed by atoms with Crippen molar-refractivity contribution in [2.75, 3.05) is 11.9 Å². The third kappa shape index (κ3) is 5.17. The number of anilines is 1. The summed E-state index contributed by atoms with van der Waals surface area (Å²) < 4.78 is 28.3. The van der Waals surface area contributed by atoms with E-state index in [9.17, 15) is 13.2 Å². The third-order valence-corrected chi connectivity index (χ3v) is 6.26. The summed E-state index contributed by atoms with van der Waals surface area (Å²) >= 11 is 3.34. The Bertz CT molecular complexity index is 956. The SMILES string of the molecule is O=C(Nc1ccc(S(=O)(=O)NC2=NCCCCC2)cc1)c1ccccc1Br. The Kier molecular flexibility index (Phi) is 6.28. The maximum Gasteiger partial charge on any atom is 0.262 e. The zero-order valence-corrected chi connectivity index (χ0v) is 17.0. The first-order valence-electron chi connectivity index (χ1n) is 8.68. The molecule has 2 aromatic carbocycles. The van der Waals surface area contributed by atoms with Crippen LogP contribution in [0.25, 0.3) is 0 Å². The van der Waals surface area contributed by atoms with Crippen molar-refractivity contribution >= 4 is 43.4 Å². The van der Waals surface area contributed by atoms with Crippen molar-refractivity contribution in [1.29, 1.82) is 0 Å². The fraction of sp³-hybridized carbons (Fsp3) is 0.263. The van der Waals surface area contributed by atoms with Crippen molar-refractivity contribution in [1.82, 2.24) is 4.72 Å². The molecule has 2 aromatic rings. The van der Waals surface area contributed by atoms with Crippen LogP contribution in [0.1, 0.15) is 36.0 Å². The van der Waals surface area contributed by atoms with E-state index in [0.29, 0.717) is 34.5 Å². The molecule has 0 saturated carbocycles. The highest BCUT2D eigenvalue weighted by molar-refractivity contribution is 9.10. The monoisotopic (exact) mass is 449 g/mol. The first kappa shape index (κ1) is 19.6.